The topological polar surface area (TPSA) is 46.2 Å². The Balaban J connectivity index is 3.86. The van der Waals surface area contributed by atoms with E-state index in [2.05, 4.69) is 0 Å². The van der Waals surface area contributed by atoms with E-state index in [0.717, 1.165) is 6.08 Å². The lowest BCUT2D eigenvalue weighted by Crippen LogP contribution is -1.97. The molecule has 0 heterocycles. The third kappa shape index (κ3) is 3.56. The maximum Gasteiger partial charge on any atom is 0.147 e. The van der Waals surface area contributed by atoms with Crippen LogP contribution < -0.4 is 4.84 Å². The first kappa shape index (κ1) is 7.99. The number of carbonyl (C=O) groups excluding carboxylic acids is 2. The number of allylic oxidation sites excluding steroid dienone is 1. The van der Waals surface area contributed by atoms with Gasteiger partial charge >= 0.3 is 0 Å². The number of hydrogen-bond donors (Lipinski definition) is 1. The fourth-order valence-corrected chi connectivity index (χ4v) is 0.359. The quantitative estimate of drug-likeness (QED) is 0.457. The first-order valence-corrected chi connectivity index (χ1v) is 2.53. The van der Waals surface area contributed by atoms with Crippen molar-refractivity contribution in [2.45, 2.75) is 6.42 Å². The number of halogens is 1. The van der Waals surface area contributed by atoms with Gasteiger partial charge in [-0.25, -0.2) is 9.59 Å². The van der Waals surface area contributed by atoms with Crippen molar-refractivity contribution in [1.82, 2.24) is 4.84 Å². The summed E-state index contributed by atoms with van der Waals surface area (Å²) in [5, 5.41) is 0. The van der Waals surface area contributed by atoms with Crippen LogP contribution in [0.5, 0.6) is 0 Å². The molecule has 0 unspecified atom stereocenters. The van der Waals surface area contributed by atoms with Gasteiger partial charge in [0.15, 0.2) is 0 Å². The van der Waals surface area contributed by atoms with E-state index in [0.29, 0.717) is 0 Å². The Morgan fingerprint density at radius 2 is 2.33 bits per heavy atom. The zero-order chi connectivity index (χ0) is 7.11. The van der Waals surface area contributed by atoms with Crippen LogP contribution in [0, 0.1) is 0 Å². The van der Waals surface area contributed by atoms with Gasteiger partial charge in [0.25, 0.3) is 0 Å². The fourth-order valence-electron chi connectivity index (χ4n) is 0.243. The second-order valence-corrected chi connectivity index (χ2v) is 1.39. The molecule has 0 amide bonds. The molecule has 0 fully saturated rings. The number of hydrogen-bond acceptors (Lipinski definition) is 3. The highest BCUT2D eigenvalue weighted by molar-refractivity contribution is 6.15. The van der Waals surface area contributed by atoms with Crippen molar-refractivity contribution in [2.24, 2.45) is 0 Å². The molecule has 1 N–H and O–H groups in total. The molecule has 0 aliphatic carbocycles. The predicted molar refractivity (Wildman–Crippen MR) is 33.1 cm³/mol. The summed E-state index contributed by atoms with van der Waals surface area (Å²) in [7, 11) is 0. The van der Waals surface area contributed by atoms with Gasteiger partial charge in [0.2, 0.25) is 0 Å². The van der Waals surface area contributed by atoms with Crippen LogP contribution in [-0.4, -0.2) is 11.9 Å². The summed E-state index contributed by atoms with van der Waals surface area (Å²) in [5.41, 5.74) is 0.125. The van der Waals surface area contributed by atoms with Gasteiger partial charge in [0, 0.05) is 24.3 Å². The Bertz CT molecular complexity index is 177. The molecule has 0 saturated carbocycles. The minimum atomic E-state index is 0.125. The van der Waals surface area contributed by atoms with Crippen molar-refractivity contribution < 1.29 is 9.59 Å². The third-order valence-electron chi connectivity index (χ3n) is 0.627. The van der Waals surface area contributed by atoms with Gasteiger partial charge in [0.1, 0.15) is 17.6 Å². The molecule has 0 aliphatic rings. The van der Waals surface area contributed by atoms with Crippen LogP contribution in [0.25, 0.3) is 0 Å². The van der Waals surface area contributed by atoms with E-state index < -0.39 is 0 Å². The molecular formula is C5H4ClNO2. The molecule has 3 nitrogen and oxygen atoms in total. The van der Waals surface area contributed by atoms with E-state index in [4.69, 9.17) is 11.8 Å². The van der Waals surface area contributed by atoms with Crippen molar-refractivity contribution >= 4 is 23.7 Å². The minimum absolute atomic E-state index is 0.125. The van der Waals surface area contributed by atoms with E-state index in [1.54, 1.807) is 0 Å². The molecule has 0 radical (unpaired) electrons. The molecule has 0 saturated heterocycles. The second kappa shape index (κ2) is 5.13. The number of nitrogens with one attached hydrogen (secondary N) is 1. The zero-order valence-corrected chi connectivity index (χ0v) is 5.23. The van der Waals surface area contributed by atoms with Crippen LogP contribution in [0.3, 0.4) is 0 Å². The molecule has 0 aromatic carbocycles. The van der Waals surface area contributed by atoms with Gasteiger partial charge in [-0.2, -0.15) is 0 Å². The smallest absolute Gasteiger partial charge is 0.147 e. The summed E-state index contributed by atoms with van der Waals surface area (Å²) < 4.78 is 0. The summed E-state index contributed by atoms with van der Waals surface area (Å²) in [6.45, 7) is 0. The Kier molecular flexibility index (Phi) is 4.56. The van der Waals surface area contributed by atoms with Crippen LogP contribution in [0.15, 0.2) is 11.8 Å². The number of rotatable bonds is 3. The molecule has 0 rings (SSSR count). The Hall–Kier alpha value is -1.01. The first-order chi connectivity index (χ1) is 4.35. The lowest BCUT2D eigenvalue weighted by Gasteiger charge is -1.89. The van der Waals surface area contributed by atoms with Gasteiger partial charge in [-0.05, 0) is 0 Å². The molecule has 9 heavy (non-hydrogen) atoms. The molecule has 0 aromatic rings. The van der Waals surface area contributed by atoms with Crippen LogP contribution in [0.2, 0.25) is 0 Å². The lowest BCUT2D eigenvalue weighted by molar-refractivity contribution is 0.565. The standard InChI is InChI=1S/C5H4ClNO2/c6-7-5(4-9)2-1-3-8/h1,7H,2H2. The highest BCUT2D eigenvalue weighted by atomic mass is 35.5. The molecule has 0 aliphatic heterocycles. The summed E-state index contributed by atoms with van der Waals surface area (Å²) in [6, 6.07) is 0. The van der Waals surface area contributed by atoms with E-state index in [1.807, 2.05) is 4.84 Å². The first-order valence-electron chi connectivity index (χ1n) is 2.15. The van der Waals surface area contributed by atoms with Crippen LogP contribution in [-0.2, 0) is 9.59 Å². The zero-order valence-electron chi connectivity index (χ0n) is 4.48. The highest BCUT2D eigenvalue weighted by Crippen LogP contribution is 1.90. The van der Waals surface area contributed by atoms with Crippen LogP contribution in [0.1, 0.15) is 6.42 Å². The molecule has 0 atom stereocenters. The van der Waals surface area contributed by atoms with Crippen molar-refractivity contribution in [3.63, 3.8) is 0 Å². The predicted octanol–water partition coefficient (Wildman–Crippen LogP) is 0.223. The monoisotopic (exact) mass is 145 g/mol. The Morgan fingerprint density at radius 3 is 2.67 bits per heavy atom. The van der Waals surface area contributed by atoms with E-state index in [9.17, 15) is 9.59 Å². The van der Waals surface area contributed by atoms with Crippen LogP contribution >= 0.6 is 11.8 Å². The van der Waals surface area contributed by atoms with Gasteiger partial charge < -0.3 is 0 Å². The summed E-state index contributed by atoms with van der Waals surface area (Å²) in [6.07, 6.45) is 1.28. The maximum atomic E-state index is 9.78. The molecular weight excluding hydrogens is 142 g/mol. The lowest BCUT2D eigenvalue weighted by atomic mass is 10.3. The molecule has 48 valence electrons. The normalized spacial score (nSPS) is 6.78. The summed E-state index contributed by atoms with van der Waals surface area (Å²) >= 11 is 5.00. The summed E-state index contributed by atoms with van der Waals surface area (Å²) in [4.78, 5) is 21.4. The van der Waals surface area contributed by atoms with Crippen LogP contribution in [0.4, 0.5) is 0 Å². The second-order valence-electron chi connectivity index (χ2n) is 1.20. The van der Waals surface area contributed by atoms with Crippen molar-refractivity contribution in [2.75, 3.05) is 0 Å². The van der Waals surface area contributed by atoms with Gasteiger partial charge in [0.05, 0.1) is 0 Å². The molecule has 4 heteroatoms. The van der Waals surface area contributed by atoms with E-state index in [-0.39, 0.29) is 12.1 Å². The van der Waals surface area contributed by atoms with E-state index >= 15 is 0 Å². The maximum absolute atomic E-state index is 9.78. The average Bonchev–Trinajstić information content (AvgIpc) is 1.91. The van der Waals surface area contributed by atoms with Gasteiger partial charge in [-0.3, -0.25) is 4.84 Å². The summed E-state index contributed by atoms with van der Waals surface area (Å²) in [5.74, 6) is 2.99. The van der Waals surface area contributed by atoms with Crippen molar-refractivity contribution in [1.29, 1.82) is 0 Å². The van der Waals surface area contributed by atoms with Gasteiger partial charge in [-0.1, -0.05) is 0 Å². The largest absolute Gasteiger partial charge is 0.292 e. The third-order valence-corrected chi connectivity index (χ3v) is 0.855. The van der Waals surface area contributed by atoms with Crippen molar-refractivity contribution in [3.8, 4) is 0 Å². The SMILES string of the molecule is O=C=CCC(=C=O)NCl. The average molecular weight is 146 g/mol. The Morgan fingerprint density at radius 1 is 1.67 bits per heavy atom. The fraction of sp³-hybridized carbons (Fsp3) is 0.200. The van der Waals surface area contributed by atoms with Gasteiger partial charge in [-0.15, -0.1) is 0 Å². The molecule has 0 aromatic heterocycles. The van der Waals surface area contributed by atoms with Crippen molar-refractivity contribution in [3.05, 3.63) is 11.8 Å². The highest BCUT2D eigenvalue weighted by Gasteiger charge is 1.89. The Labute approximate surface area is 57.1 Å². The molecule has 0 bridgehead atoms. The minimum Gasteiger partial charge on any atom is -0.292 e. The van der Waals surface area contributed by atoms with E-state index in [1.165, 1.54) is 11.9 Å². The molecule has 0 spiro atoms.